The summed E-state index contributed by atoms with van der Waals surface area (Å²) in [6.45, 7) is 3.20. The molecule has 2 saturated heterocycles. The number of likely N-dealkylation sites (tertiary alicyclic amines) is 1. The highest BCUT2D eigenvalue weighted by molar-refractivity contribution is 6.35. The largest absolute Gasteiger partial charge is 0.397 e. The standard InChI is InChI=1S/C22H29ClN4O4/c23-17-12-16(19-15(18(17)24)2-1-7-25-19)20(28)26-13-21(29)3-8-27(9-4-21)14-22(30)5-10-31-11-6-22/h1-2,7,12,29-30H,3-6,8-11,13-14,24H2,(H,26,28). The number of amides is 1. The van der Waals surface area contributed by atoms with Crippen LogP contribution in [0, 0.1) is 0 Å². The van der Waals surface area contributed by atoms with E-state index in [2.05, 4.69) is 15.2 Å². The molecule has 0 atom stereocenters. The third kappa shape index (κ3) is 4.94. The Morgan fingerprint density at radius 1 is 1.23 bits per heavy atom. The van der Waals surface area contributed by atoms with E-state index in [1.54, 1.807) is 18.3 Å². The van der Waals surface area contributed by atoms with Gasteiger partial charge >= 0.3 is 0 Å². The summed E-state index contributed by atoms with van der Waals surface area (Å²) in [7, 11) is 0. The van der Waals surface area contributed by atoms with E-state index in [-0.39, 0.29) is 12.5 Å². The van der Waals surface area contributed by atoms with E-state index in [4.69, 9.17) is 22.1 Å². The van der Waals surface area contributed by atoms with Crippen LogP contribution < -0.4 is 11.1 Å². The lowest BCUT2D eigenvalue weighted by Gasteiger charge is -2.42. The van der Waals surface area contributed by atoms with Gasteiger partial charge in [-0.15, -0.1) is 0 Å². The summed E-state index contributed by atoms with van der Waals surface area (Å²) in [5.74, 6) is -0.349. The average molecular weight is 449 g/mol. The van der Waals surface area contributed by atoms with Crippen molar-refractivity contribution in [2.45, 2.75) is 36.9 Å². The summed E-state index contributed by atoms with van der Waals surface area (Å²) in [5, 5.41) is 25.5. The number of nitrogens with one attached hydrogen (secondary N) is 1. The first kappa shape index (κ1) is 22.2. The summed E-state index contributed by atoms with van der Waals surface area (Å²) in [6.07, 6.45) is 3.90. The second-order valence-corrected chi connectivity index (χ2v) is 9.15. The van der Waals surface area contributed by atoms with E-state index >= 15 is 0 Å². The molecule has 3 heterocycles. The highest BCUT2D eigenvalue weighted by Crippen LogP contribution is 2.31. The number of nitrogens with zero attached hydrogens (tertiary/aromatic N) is 2. The minimum absolute atomic E-state index is 0.133. The van der Waals surface area contributed by atoms with E-state index in [9.17, 15) is 15.0 Å². The van der Waals surface area contributed by atoms with E-state index in [1.165, 1.54) is 6.07 Å². The number of nitrogens with two attached hydrogens (primary N) is 1. The number of aromatic nitrogens is 1. The Balaban J connectivity index is 1.36. The Hall–Kier alpha value is -1.97. The number of benzene rings is 1. The Bertz CT molecular complexity index is 956. The molecule has 31 heavy (non-hydrogen) atoms. The third-order valence-electron chi connectivity index (χ3n) is 6.43. The molecule has 2 aliphatic heterocycles. The van der Waals surface area contributed by atoms with Crippen LogP contribution in [0.25, 0.3) is 10.9 Å². The number of halogens is 1. The molecule has 1 aromatic heterocycles. The molecule has 1 amide bonds. The molecular weight excluding hydrogens is 420 g/mol. The molecule has 0 bridgehead atoms. The minimum Gasteiger partial charge on any atom is -0.397 e. The van der Waals surface area contributed by atoms with Crippen molar-refractivity contribution >= 4 is 34.1 Å². The second kappa shape index (κ2) is 8.88. The molecule has 2 aliphatic rings. The first-order chi connectivity index (χ1) is 14.8. The number of rotatable bonds is 5. The number of aliphatic hydroxyl groups is 2. The molecule has 2 aromatic rings. The molecule has 168 valence electrons. The molecule has 1 aromatic carbocycles. The lowest BCUT2D eigenvalue weighted by molar-refractivity contribution is -0.0935. The SMILES string of the molecule is Nc1c(Cl)cc(C(=O)NCC2(O)CCN(CC3(O)CCOCC3)CC2)c2ncccc12. The number of piperidine rings is 1. The van der Waals surface area contributed by atoms with Gasteiger partial charge in [0, 0.05) is 63.8 Å². The summed E-state index contributed by atoms with van der Waals surface area (Å²) in [4.78, 5) is 19.3. The van der Waals surface area contributed by atoms with Gasteiger partial charge in [-0.1, -0.05) is 11.6 Å². The molecule has 4 rings (SSSR count). The van der Waals surface area contributed by atoms with Gasteiger partial charge in [0.25, 0.3) is 5.91 Å². The predicted octanol–water partition coefficient (Wildman–Crippen LogP) is 1.57. The van der Waals surface area contributed by atoms with Crippen molar-refractivity contribution in [1.82, 2.24) is 15.2 Å². The zero-order valence-corrected chi connectivity index (χ0v) is 18.2. The smallest absolute Gasteiger partial charge is 0.253 e. The first-order valence-corrected chi connectivity index (χ1v) is 11.0. The van der Waals surface area contributed by atoms with Crippen LogP contribution in [0.15, 0.2) is 24.4 Å². The van der Waals surface area contributed by atoms with Gasteiger partial charge in [-0.2, -0.15) is 0 Å². The van der Waals surface area contributed by atoms with Gasteiger partial charge in [0.1, 0.15) is 0 Å². The molecule has 0 spiro atoms. The van der Waals surface area contributed by atoms with Crippen molar-refractivity contribution in [2.24, 2.45) is 0 Å². The topological polar surface area (TPSA) is 121 Å². The number of ether oxygens (including phenoxy) is 1. The van der Waals surface area contributed by atoms with Crippen molar-refractivity contribution in [3.05, 3.63) is 35.0 Å². The lowest BCUT2D eigenvalue weighted by Crippen LogP contribution is -2.54. The maximum Gasteiger partial charge on any atom is 0.253 e. The molecule has 5 N–H and O–H groups in total. The Kier molecular flexibility index (Phi) is 6.37. The highest BCUT2D eigenvalue weighted by Gasteiger charge is 2.37. The van der Waals surface area contributed by atoms with Crippen molar-refractivity contribution < 1.29 is 19.7 Å². The van der Waals surface area contributed by atoms with Crippen LogP contribution in [0.4, 0.5) is 5.69 Å². The summed E-state index contributed by atoms with van der Waals surface area (Å²) >= 11 is 6.20. The maximum absolute atomic E-state index is 12.9. The second-order valence-electron chi connectivity index (χ2n) is 8.74. The fourth-order valence-electron chi connectivity index (χ4n) is 4.38. The van der Waals surface area contributed by atoms with Crippen LogP contribution in [0.3, 0.4) is 0 Å². The van der Waals surface area contributed by atoms with E-state index in [0.29, 0.717) is 85.7 Å². The number of hydrogen-bond acceptors (Lipinski definition) is 7. The predicted molar refractivity (Wildman–Crippen MR) is 119 cm³/mol. The maximum atomic E-state index is 12.9. The Morgan fingerprint density at radius 3 is 2.65 bits per heavy atom. The fraction of sp³-hybridized carbons (Fsp3) is 0.545. The van der Waals surface area contributed by atoms with E-state index in [1.807, 2.05) is 0 Å². The van der Waals surface area contributed by atoms with Crippen LogP contribution in [-0.4, -0.2) is 76.6 Å². The zero-order valence-electron chi connectivity index (χ0n) is 17.4. The van der Waals surface area contributed by atoms with E-state index < -0.39 is 11.2 Å². The zero-order chi connectivity index (χ0) is 22.1. The normalized spacial score (nSPS) is 21.1. The van der Waals surface area contributed by atoms with Crippen molar-refractivity contribution in [2.75, 3.05) is 45.1 Å². The van der Waals surface area contributed by atoms with Gasteiger partial charge in [0.15, 0.2) is 0 Å². The molecular formula is C22H29ClN4O4. The molecule has 0 saturated carbocycles. The minimum atomic E-state index is -0.995. The summed E-state index contributed by atoms with van der Waals surface area (Å²) in [6, 6.07) is 5.03. The number of anilines is 1. The number of carbonyl (C=O) groups is 1. The number of fused-ring (bicyclic) bond motifs is 1. The molecule has 8 nitrogen and oxygen atoms in total. The van der Waals surface area contributed by atoms with Gasteiger partial charge in [0.05, 0.1) is 33.0 Å². The van der Waals surface area contributed by atoms with Crippen LogP contribution in [-0.2, 0) is 4.74 Å². The van der Waals surface area contributed by atoms with E-state index in [0.717, 1.165) is 0 Å². The van der Waals surface area contributed by atoms with Gasteiger partial charge in [-0.05, 0) is 31.0 Å². The van der Waals surface area contributed by atoms with Crippen LogP contribution >= 0.6 is 11.6 Å². The Morgan fingerprint density at radius 2 is 1.94 bits per heavy atom. The molecule has 0 radical (unpaired) electrons. The number of carbonyl (C=O) groups excluding carboxylic acids is 1. The monoisotopic (exact) mass is 448 g/mol. The van der Waals surface area contributed by atoms with Crippen LogP contribution in [0.2, 0.25) is 5.02 Å². The molecule has 0 aliphatic carbocycles. The fourth-order valence-corrected chi connectivity index (χ4v) is 4.59. The average Bonchev–Trinajstić information content (AvgIpc) is 2.77. The number of β-amino-alcohol motifs (C(OH)–C–C–N with tert-alkyl or cyclic N) is 1. The highest BCUT2D eigenvalue weighted by atomic mass is 35.5. The van der Waals surface area contributed by atoms with Gasteiger partial charge in [0.2, 0.25) is 0 Å². The van der Waals surface area contributed by atoms with Gasteiger partial charge < -0.3 is 30.9 Å². The summed E-state index contributed by atoms with van der Waals surface area (Å²) in [5.41, 5.74) is 5.50. The number of pyridine rings is 1. The van der Waals surface area contributed by atoms with Gasteiger partial charge in [-0.25, -0.2) is 0 Å². The van der Waals surface area contributed by atoms with Crippen LogP contribution in [0.1, 0.15) is 36.0 Å². The van der Waals surface area contributed by atoms with Gasteiger partial charge in [-0.3, -0.25) is 9.78 Å². The summed E-state index contributed by atoms with van der Waals surface area (Å²) < 4.78 is 5.34. The molecule has 0 unspecified atom stereocenters. The van der Waals surface area contributed by atoms with Crippen molar-refractivity contribution in [3.8, 4) is 0 Å². The molecule has 9 heteroatoms. The van der Waals surface area contributed by atoms with Crippen molar-refractivity contribution in [3.63, 3.8) is 0 Å². The first-order valence-electron chi connectivity index (χ1n) is 10.6. The van der Waals surface area contributed by atoms with Crippen molar-refractivity contribution in [1.29, 1.82) is 0 Å². The quantitative estimate of drug-likeness (QED) is 0.512. The lowest BCUT2D eigenvalue weighted by atomic mass is 9.88. The third-order valence-corrected chi connectivity index (χ3v) is 6.74. The molecule has 2 fully saturated rings. The number of nitrogen functional groups attached to an aromatic ring is 1. The van der Waals surface area contributed by atoms with Crippen LogP contribution in [0.5, 0.6) is 0 Å². The Labute approximate surface area is 186 Å². The number of hydrogen-bond donors (Lipinski definition) is 4.